The Morgan fingerprint density at radius 2 is 2.06 bits per heavy atom. The summed E-state index contributed by atoms with van der Waals surface area (Å²) in [5.74, 6) is 0.248. The summed E-state index contributed by atoms with van der Waals surface area (Å²) in [4.78, 5) is 25.3. The van der Waals surface area contributed by atoms with Gasteiger partial charge in [-0.05, 0) is 33.6 Å². The van der Waals surface area contributed by atoms with E-state index in [1.165, 1.54) is 0 Å². The average molecular weight is 304 g/mol. The van der Waals surface area contributed by atoms with Crippen molar-refractivity contribution in [1.29, 1.82) is 0 Å². The van der Waals surface area contributed by atoms with Crippen LogP contribution in [0.25, 0.3) is 0 Å². The van der Waals surface area contributed by atoms with Crippen LogP contribution in [0.3, 0.4) is 0 Å². The Kier molecular flexibility index (Phi) is 3.00. The molecule has 0 radical (unpaired) electrons. The van der Waals surface area contributed by atoms with Gasteiger partial charge in [-0.15, -0.1) is 0 Å². The fourth-order valence-corrected chi connectivity index (χ4v) is 3.16. The molecule has 1 saturated heterocycles. The van der Waals surface area contributed by atoms with Gasteiger partial charge in [-0.1, -0.05) is 15.9 Å². The van der Waals surface area contributed by atoms with Crippen molar-refractivity contribution >= 4 is 27.8 Å². The molecule has 5 heteroatoms. The molecule has 1 unspecified atom stereocenters. The lowest BCUT2D eigenvalue weighted by molar-refractivity contribution is -0.133. The molecule has 2 fully saturated rings. The molecule has 1 atom stereocenters. The number of halogens is 1. The summed E-state index contributed by atoms with van der Waals surface area (Å²) in [6, 6.07) is 0. The molecule has 1 aliphatic carbocycles. The van der Waals surface area contributed by atoms with Gasteiger partial charge in [-0.25, -0.2) is 4.79 Å². The highest BCUT2D eigenvalue weighted by Gasteiger charge is 2.56. The molecule has 0 aromatic heterocycles. The number of alkyl halides is 1. The molecule has 1 saturated carbocycles. The van der Waals surface area contributed by atoms with Crippen molar-refractivity contribution in [1.82, 2.24) is 4.90 Å². The Bertz CT molecular complexity index is 355. The molecule has 4 nitrogen and oxygen atoms in total. The summed E-state index contributed by atoms with van der Waals surface area (Å²) < 4.78 is 5.27. The van der Waals surface area contributed by atoms with E-state index >= 15 is 0 Å². The first kappa shape index (κ1) is 12.9. The molecule has 1 aliphatic heterocycles. The van der Waals surface area contributed by atoms with E-state index in [9.17, 15) is 9.59 Å². The van der Waals surface area contributed by atoms with E-state index in [2.05, 4.69) is 15.9 Å². The van der Waals surface area contributed by atoms with Crippen molar-refractivity contribution in [2.45, 2.75) is 44.0 Å². The number of likely N-dealkylation sites (tertiary alicyclic amines) is 1. The molecule has 0 bridgehead atoms. The molecule has 0 aromatic carbocycles. The van der Waals surface area contributed by atoms with Crippen molar-refractivity contribution in [2.75, 3.05) is 13.1 Å². The van der Waals surface area contributed by atoms with Gasteiger partial charge in [-0.3, -0.25) is 4.79 Å². The number of rotatable bonds is 0. The number of amides is 1. The Balaban J connectivity index is 1.91. The summed E-state index contributed by atoms with van der Waals surface area (Å²) in [6.45, 7) is 6.56. The molecule has 1 spiro atoms. The smallest absolute Gasteiger partial charge is 0.410 e. The van der Waals surface area contributed by atoms with E-state index in [0.717, 1.165) is 12.8 Å². The first-order chi connectivity index (χ1) is 7.73. The highest BCUT2D eigenvalue weighted by molar-refractivity contribution is 9.10. The number of ketones is 1. The lowest BCUT2D eigenvalue weighted by Gasteiger charge is -2.46. The van der Waals surface area contributed by atoms with Crippen LogP contribution in [-0.4, -0.2) is 40.3 Å². The van der Waals surface area contributed by atoms with Gasteiger partial charge < -0.3 is 9.64 Å². The Morgan fingerprint density at radius 1 is 1.47 bits per heavy atom. The molecular weight excluding hydrogens is 286 g/mol. The Labute approximate surface area is 110 Å². The van der Waals surface area contributed by atoms with E-state index in [-0.39, 0.29) is 22.1 Å². The summed E-state index contributed by atoms with van der Waals surface area (Å²) in [5.41, 5.74) is -0.761. The van der Waals surface area contributed by atoms with Crippen LogP contribution >= 0.6 is 15.9 Å². The van der Waals surface area contributed by atoms with E-state index < -0.39 is 5.60 Å². The van der Waals surface area contributed by atoms with Crippen molar-refractivity contribution < 1.29 is 14.3 Å². The van der Waals surface area contributed by atoms with Crippen LogP contribution in [0.1, 0.15) is 33.6 Å². The number of ether oxygens (including phenoxy) is 1. The second-order valence-corrected chi connectivity index (χ2v) is 7.09. The van der Waals surface area contributed by atoms with Gasteiger partial charge in [0.25, 0.3) is 0 Å². The van der Waals surface area contributed by atoms with Crippen LogP contribution in [0, 0.1) is 5.41 Å². The lowest BCUT2D eigenvalue weighted by atomic mass is 9.78. The van der Waals surface area contributed by atoms with Crippen molar-refractivity contribution in [3.05, 3.63) is 0 Å². The summed E-state index contributed by atoms with van der Waals surface area (Å²) in [5, 5.41) is 0. The number of carbonyl (C=O) groups excluding carboxylic acids is 2. The number of hydrogen-bond acceptors (Lipinski definition) is 3. The maximum atomic E-state index is 11.9. The van der Waals surface area contributed by atoms with Crippen molar-refractivity contribution in [3.8, 4) is 0 Å². The monoisotopic (exact) mass is 303 g/mol. The molecule has 96 valence electrons. The minimum atomic E-state index is -0.475. The third-order valence-corrected chi connectivity index (χ3v) is 4.20. The summed E-state index contributed by atoms with van der Waals surface area (Å²) in [6.07, 6.45) is 1.44. The first-order valence-electron chi connectivity index (χ1n) is 5.90. The molecule has 1 heterocycles. The molecule has 0 aromatic rings. The van der Waals surface area contributed by atoms with Gasteiger partial charge in [0.15, 0.2) is 5.78 Å². The normalized spacial score (nSPS) is 27.2. The minimum Gasteiger partial charge on any atom is -0.444 e. The Hall–Kier alpha value is -0.580. The van der Waals surface area contributed by atoms with Gasteiger partial charge in [0.1, 0.15) is 5.60 Å². The van der Waals surface area contributed by atoms with Gasteiger partial charge in [0.2, 0.25) is 0 Å². The standard InChI is InChI=1S/C12H18BrNO3/c1-11(2,3)17-10(16)14-6-12(7-14)5-4-8(13)9(12)15/h8H,4-7H2,1-3H3. The number of hydrogen-bond donors (Lipinski definition) is 0. The van der Waals surface area contributed by atoms with Crippen LogP contribution in [0.2, 0.25) is 0 Å². The first-order valence-corrected chi connectivity index (χ1v) is 6.81. The summed E-state index contributed by atoms with van der Waals surface area (Å²) in [7, 11) is 0. The summed E-state index contributed by atoms with van der Waals surface area (Å²) >= 11 is 3.38. The third-order valence-electron chi connectivity index (χ3n) is 3.32. The fourth-order valence-electron chi connectivity index (χ4n) is 2.44. The predicted molar refractivity (Wildman–Crippen MR) is 67.2 cm³/mol. The zero-order valence-corrected chi connectivity index (χ0v) is 12.0. The number of carbonyl (C=O) groups is 2. The third kappa shape index (κ3) is 2.34. The van der Waals surface area contributed by atoms with Crippen LogP contribution in [-0.2, 0) is 9.53 Å². The van der Waals surface area contributed by atoms with E-state index in [0.29, 0.717) is 13.1 Å². The molecular formula is C12H18BrNO3. The Morgan fingerprint density at radius 3 is 2.47 bits per heavy atom. The van der Waals surface area contributed by atoms with Crippen molar-refractivity contribution in [3.63, 3.8) is 0 Å². The number of nitrogens with zero attached hydrogens (tertiary/aromatic N) is 1. The molecule has 2 aliphatic rings. The van der Waals surface area contributed by atoms with Gasteiger partial charge in [0.05, 0.1) is 10.2 Å². The second kappa shape index (κ2) is 3.97. The molecule has 17 heavy (non-hydrogen) atoms. The zero-order chi connectivity index (χ0) is 12.8. The average Bonchev–Trinajstić information content (AvgIpc) is 2.39. The highest BCUT2D eigenvalue weighted by Crippen LogP contribution is 2.45. The van der Waals surface area contributed by atoms with Crippen LogP contribution in [0.5, 0.6) is 0 Å². The van der Waals surface area contributed by atoms with Crippen LogP contribution in [0.4, 0.5) is 4.79 Å². The van der Waals surface area contributed by atoms with Gasteiger partial charge >= 0.3 is 6.09 Å². The van der Waals surface area contributed by atoms with E-state index in [4.69, 9.17) is 4.74 Å². The molecule has 1 amide bonds. The predicted octanol–water partition coefficient (Wildman–Crippen LogP) is 2.35. The maximum Gasteiger partial charge on any atom is 0.410 e. The van der Waals surface area contributed by atoms with Crippen LogP contribution in [0.15, 0.2) is 0 Å². The topological polar surface area (TPSA) is 46.6 Å². The zero-order valence-electron chi connectivity index (χ0n) is 10.5. The quantitative estimate of drug-likeness (QED) is 0.645. The highest BCUT2D eigenvalue weighted by atomic mass is 79.9. The number of Topliss-reactive ketones (excluding diaryl/α,β-unsaturated/α-hetero) is 1. The van der Waals surface area contributed by atoms with Crippen molar-refractivity contribution in [2.24, 2.45) is 5.41 Å². The van der Waals surface area contributed by atoms with Gasteiger partial charge in [0, 0.05) is 13.1 Å². The van der Waals surface area contributed by atoms with E-state index in [1.54, 1.807) is 4.90 Å². The fraction of sp³-hybridized carbons (Fsp3) is 0.833. The largest absolute Gasteiger partial charge is 0.444 e. The lowest BCUT2D eigenvalue weighted by Crippen LogP contribution is -2.61. The van der Waals surface area contributed by atoms with E-state index in [1.807, 2.05) is 20.8 Å². The molecule has 2 rings (SSSR count). The second-order valence-electron chi connectivity index (χ2n) is 5.99. The molecule has 0 N–H and O–H groups in total. The SMILES string of the molecule is CC(C)(C)OC(=O)N1CC2(CCC(Br)C2=O)C1. The maximum absolute atomic E-state index is 11.9. The minimum absolute atomic E-state index is 0.0247. The van der Waals surface area contributed by atoms with Gasteiger partial charge in [-0.2, -0.15) is 0 Å². The van der Waals surface area contributed by atoms with Crippen LogP contribution < -0.4 is 0 Å².